The maximum absolute atomic E-state index is 5.64. The van der Waals surface area contributed by atoms with Gasteiger partial charge in [-0.15, -0.1) is 0 Å². The highest BCUT2D eigenvalue weighted by Gasteiger charge is 2.43. The predicted octanol–water partition coefficient (Wildman–Crippen LogP) is 1.20. The van der Waals surface area contributed by atoms with Crippen LogP contribution < -0.4 is 0 Å². The van der Waals surface area contributed by atoms with Crippen LogP contribution in [0.3, 0.4) is 0 Å². The van der Waals surface area contributed by atoms with Crippen LogP contribution >= 0.6 is 0 Å². The second-order valence-corrected chi connectivity index (χ2v) is 3.79. The van der Waals surface area contributed by atoms with Gasteiger partial charge in [0.15, 0.2) is 0 Å². The van der Waals surface area contributed by atoms with Crippen molar-refractivity contribution in [2.24, 2.45) is 5.92 Å². The summed E-state index contributed by atoms with van der Waals surface area (Å²) in [5.41, 5.74) is 0.0528. The Balaban J connectivity index is 2.12. The molecule has 0 aliphatic carbocycles. The highest BCUT2D eigenvalue weighted by molar-refractivity contribution is 4.91. The number of ether oxygens (including phenoxy) is 2. The molecule has 10 heavy (non-hydrogen) atoms. The molecule has 2 bridgehead atoms. The minimum absolute atomic E-state index is 0.0528. The maximum Gasteiger partial charge on any atom is 0.0911 e. The number of rotatable bonds is 0. The molecule has 0 aromatic carbocycles. The van der Waals surface area contributed by atoms with Gasteiger partial charge in [-0.2, -0.15) is 0 Å². The number of hydrogen-bond acceptors (Lipinski definition) is 2. The van der Waals surface area contributed by atoms with E-state index in [1.807, 2.05) is 0 Å². The van der Waals surface area contributed by atoms with E-state index in [1.165, 1.54) is 0 Å². The fraction of sp³-hybridized carbons (Fsp3) is 1.00. The van der Waals surface area contributed by atoms with Crippen LogP contribution in [0, 0.1) is 5.92 Å². The molecule has 2 aliphatic heterocycles. The molecule has 2 aliphatic rings. The van der Waals surface area contributed by atoms with Crippen LogP contribution in [0.5, 0.6) is 0 Å². The molecule has 58 valence electrons. The normalized spacial score (nSPS) is 53.4. The molecule has 2 rings (SSSR count). The summed E-state index contributed by atoms with van der Waals surface area (Å²) < 4.78 is 11.2. The van der Waals surface area contributed by atoms with Crippen molar-refractivity contribution < 1.29 is 9.47 Å². The van der Waals surface area contributed by atoms with Crippen LogP contribution in [0.15, 0.2) is 0 Å². The van der Waals surface area contributed by atoms with Gasteiger partial charge >= 0.3 is 0 Å². The van der Waals surface area contributed by atoms with E-state index in [-0.39, 0.29) is 5.60 Å². The standard InChI is InChI=1S/C8H14O2/c1-6-4-10-8(2)3-7(6)9-5-8/h6-7H,3-5H2,1-2H3/t6-,7?,8?/m1/s1. The first-order valence-corrected chi connectivity index (χ1v) is 3.95. The van der Waals surface area contributed by atoms with Crippen molar-refractivity contribution in [3.8, 4) is 0 Å². The van der Waals surface area contributed by atoms with Crippen molar-refractivity contribution in [2.75, 3.05) is 13.2 Å². The van der Waals surface area contributed by atoms with Crippen molar-refractivity contribution >= 4 is 0 Å². The molecule has 2 saturated heterocycles. The molecule has 0 spiro atoms. The van der Waals surface area contributed by atoms with Crippen LogP contribution in [-0.4, -0.2) is 24.9 Å². The molecule has 2 heteroatoms. The lowest BCUT2D eigenvalue weighted by molar-refractivity contribution is -0.0585. The molecule has 0 radical (unpaired) electrons. The van der Waals surface area contributed by atoms with Crippen LogP contribution in [-0.2, 0) is 9.47 Å². The zero-order valence-electron chi connectivity index (χ0n) is 6.59. The molecule has 2 unspecified atom stereocenters. The first kappa shape index (κ1) is 6.62. The van der Waals surface area contributed by atoms with Crippen molar-refractivity contribution in [2.45, 2.75) is 32.0 Å². The third kappa shape index (κ3) is 0.867. The molecule has 2 nitrogen and oxygen atoms in total. The fourth-order valence-corrected chi connectivity index (χ4v) is 1.73. The zero-order valence-corrected chi connectivity index (χ0v) is 6.59. The number of fused-ring (bicyclic) bond motifs is 2. The van der Waals surface area contributed by atoms with Gasteiger partial charge in [0.25, 0.3) is 0 Å². The average molecular weight is 142 g/mol. The molecule has 0 amide bonds. The average Bonchev–Trinajstić information content (AvgIpc) is 2.23. The molecule has 2 heterocycles. The van der Waals surface area contributed by atoms with Gasteiger partial charge in [0.05, 0.1) is 24.9 Å². The largest absolute Gasteiger partial charge is 0.375 e. The van der Waals surface area contributed by atoms with Gasteiger partial charge in [-0.25, -0.2) is 0 Å². The Kier molecular flexibility index (Phi) is 1.29. The summed E-state index contributed by atoms with van der Waals surface area (Å²) >= 11 is 0. The van der Waals surface area contributed by atoms with Crippen molar-refractivity contribution in [1.82, 2.24) is 0 Å². The van der Waals surface area contributed by atoms with E-state index < -0.39 is 0 Å². The summed E-state index contributed by atoms with van der Waals surface area (Å²) in [5.74, 6) is 0.593. The lowest BCUT2D eigenvalue weighted by atomic mass is 9.92. The van der Waals surface area contributed by atoms with Crippen LogP contribution in [0.4, 0.5) is 0 Å². The highest BCUT2D eigenvalue weighted by atomic mass is 16.6. The summed E-state index contributed by atoms with van der Waals surface area (Å²) in [4.78, 5) is 0. The fourth-order valence-electron chi connectivity index (χ4n) is 1.73. The Bertz CT molecular complexity index is 146. The van der Waals surface area contributed by atoms with E-state index in [0.29, 0.717) is 12.0 Å². The Morgan fingerprint density at radius 2 is 2.30 bits per heavy atom. The lowest BCUT2D eigenvalue weighted by Gasteiger charge is -2.30. The summed E-state index contributed by atoms with van der Waals surface area (Å²) in [6.07, 6.45) is 1.56. The second-order valence-electron chi connectivity index (χ2n) is 3.79. The third-order valence-corrected chi connectivity index (χ3v) is 2.57. The van der Waals surface area contributed by atoms with Gasteiger partial charge in [0.1, 0.15) is 0 Å². The lowest BCUT2D eigenvalue weighted by Crippen LogP contribution is -2.37. The van der Waals surface area contributed by atoms with E-state index in [2.05, 4.69) is 13.8 Å². The Morgan fingerprint density at radius 3 is 3.00 bits per heavy atom. The summed E-state index contributed by atoms with van der Waals surface area (Å²) in [6.45, 7) is 6.00. The molecule has 3 atom stereocenters. The van der Waals surface area contributed by atoms with E-state index in [9.17, 15) is 0 Å². The van der Waals surface area contributed by atoms with E-state index >= 15 is 0 Å². The first-order valence-electron chi connectivity index (χ1n) is 3.95. The summed E-state index contributed by atoms with van der Waals surface area (Å²) in [6, 6.07) is 0. The molecule has 0 N–H and O–H groups in total. The Labute approximate surface area is 61.5 Å². The van der Waals surface area contributed by atoms with Gasteiger partial charge in [-0.05, 0) is 6.92 Å². The SMILES string of the molecule is C[C@@H]1COC2(C)COC1C2. The zero-order chi connectivity index (χ0) is 7.19. The predicted molar refractivity (Wildman–Crippen MR) is 37.9 cm³/mol. The highest BCUT2D eigenvalue weighted by Crippen LogP contribution is 2.36. The first-order chi connectivity index (χ1) is 4.70. The number of hydrogen-bond donors (Lipinski definition) is 0. The Morgan fingerprint density at radius 1 is 1.50 bits per heavy atom. The van der Waals surface area contributed by atoms with Gasteiger partial charge in [-0.1, -0.05) is 6.92 Å². The van der Waals surface area contributed by atoms with E-state index in [4.69, 9.17) is 9.47 Å². The van der Waals surface area contributed by atoms with Crippen LogP contribution in [0.1, 0.15) is 20.3 Å². The molecule has 0 aromatic heterocycles. The Hall–Kier alpha value is -0.0800. The van der Waals surface area contributed by atoms with Gasteiger partial charge in [0.2, 0.25) is 0 Å². The summed E-state index contributed by atoms with van der Waals surface area (Å²) in [5, 5.41) is 0. The second kappa shape index (κ2) is 1.95. The van der Waals surface area contributed by atoms with E-state index in [1.54, 1.807) is 0 Å². The van der Waals surface area contributed by atoms with E-state index in [0.717, 1.165) is 19.6 Å². The maximum atomic E-state index is 5.64. The van der Waals surface area contributed by atoms with Gasteiger partial charge < -0.3 is 9.47 Å². The van der Waals surface area contributed by atoms with Crippen molar-refractivity contribution in [3.63, 3.8) is 0 Å². The van der Waals surface area contributed by atoms with Gasteiger partial charge in [0, 0.05) is 12.3 Å². The molecule has 0 saturated carbocycles. The molecular formula is C8H14O2. The van der Waals surface area contributed by atoms with Gasteiger partial charge in [-0.3, -0.25) is 0 Å². The molecule has 2 fully saturated rings. The van der Waals surface area contributed by atoms with Crippen LogP contribution in [0.25, 0.3) is 0 Å². The minimum atomic E-state index is 0.0528. The van der Waals surface area contributed by atoms with Crippen LogP contribution in [0.2, 0.25) is 0 Å². The quantitative estimate of drug-likeness (QED) is 0.506. The topological polar surface area (TPSA) is 18.5 Å². The third-order valence-electron chi connectivity index (χ3n) is 2.57. The van der Waals surface area contributed by atoms with Crippen molar-refractivity contribution in [1.29, 1.82) is 0 Å². The summed E-state index contributed by atoms with van der Waals surface area (Å²) in [7, 11) is 0. The van der Waals surface area contributed by atoms with Crippen molar-refractivity contribution in [3.05, 3.63) is 0 Å². The smallest absolute Gasteiger partial charge is 0.0911 e. The monoisotopic (exact) mass is 142 g/mol. The minimum Gasteiger partial charge on any atom is -0.375 e. The molecule has 0 aromatic rings. The molecular weight excluding hydrogens is 128 g/mol.